The Morgan fingerprint density at radius 3 is 2.46 bits per heavy atom. The molecule has 2 N–H and O–H groups in total. The number of urea groups is 1. The van der Waals surface area contributed by atoms with Gasteiger partial charge in [0.2, 0.25) is 5.91 Å². The number of thioether (sulfide) groups is 1. The summed E-state index contributed by atoms with van der Waals surface area (Å²) in [6.07, 6.45) is 0.537. The van der Waals surface area contributed by atoms with E-state index in [9.17, 15) is 14.4 Å². The molecule has 0 radical (unpaired) electrons. The molecule has 146 valence electrons. The van der Waals surface area contributed by atoms with Crippen molar-refractivity contribution < 1.29 is 14.4 Å². The van der Waals surface area contributed by atoms with Gasteiger partial charge in [-0.3, -0.25) is 15.0 Å². The molecule has 4 amide bonds. The molecule has 0 spiro atoms. The molecule has 1 atom stereocenters. The number of nitrogens with zero attached hydrogens (tertiary/aromatic N) is 1. The highest BCUT2D eigenvalue weighted by Gasteiger charge is 2.52. The van der Waals surface area contributed by atoms with Gasteiger partial charge in [-0.25, -0.2) is 4.79 Å². The molecule has 6 nitrogen and oxygen atoms in total. The first-order chi connectivity index (χ1) is 13.5. The lowest BCUT2D eigenvalue weighted by molar-refractivity contribution is -0.139. The van der Waals surface area contributed by atoms with Crippen molar-refractivity contribution in [1.82, 2.24) is 15.8 Å². The van der Waals surface area contributed by atoms with Crippen LogP contribution in [0.1, 0.15) is 25.3 Å². The molecule has 1 aliphatic rings. The average Bonchev–Trinajstić information content (AvgIpc) is 2.95. The topological polar surface area (TPSA) is 78.5 Å². The van der Waals surface area contributed by atoms with Crippen molar-refractivity contribution in [3.8, 4) is 0 Å². The minimum absolute atomic E-state index is 0.162. The number of halogens is 1. The standard InChI is InChI=1S/C20H20ClN3O3S/c1-2-20(14-6-4-3-5-7-14)18(26)24(19(27)22-20)23-17(25)12-13-28-16-10-8-15(21)9-11-16/h3-11H,2,12-13H2,1H3,(H,22,27)(H,23,25)/t20-/m1/s1. The summed E-state index contributed by atoms with van der Waals surface area (Å²) in [7, 11) is 0. The predicted octanol–water partition coefficient (Wildman–Crippen LogP) is 3.71. The van der Waals surface area contributed by atoms with Gasteiger partial charge >= 0.3 is 6.03 Å². The van der Waals surface area contributed by atoms with E-state index in [4.69, 9.17) is 11.6 Å². The second-order valence-electron chi connectivity index (χ2n) is 6.28. The largest absolute Gasteiger partial charge is 0.344 e. The molecule has 1 aliphatic heterocycles. The van der Waals surface area contributed by atoms with E-state index in [1.54, 1.807) is 36.4 Å². The van der Waals surface area contributed by atoms with Crippen LogP contribution >= 0.6 is 23.4 Å². The predicted molar refractivity (Wildman–Crippen MR) is 109 cm³/mol. The Hall–Kier alpha value is -2.51. The van der Waals surface area contributed by atoms with Crippen molar-refractivity contribution in [1.29, 1.82) is 0 Å². The molecule has 28 heavy (non-hydrogen) atoms. The minimum atomic E-state index is -1.16. The maximum Gasteiger partial charge on any atom is 0.344 e. The summed E-state index contributed by atoms with van der Waals surface area (Å²) in [5.41, 5.74) is 1.95. The van der Waals surface area contributed by atoms with Crippen molar-refractivity contribution in [3.63, 3.8) is 0 Å². The molecular formula is C20H20ClN3O3S. The van der Waals surface area contributed by atoms with E-state index in [0.29, 0.717) is 22.8 Å². The highest BCUT2D eigenvalue weighted by atomic mass is 35.5. The fraction of sp³-hybridized carbons (Fsp3) is 0.250. The number of imide groups is 1. The third-order valence-electron chi connectivity index (χ3n) is 4.54. The van der Waals surface area contributed by atoms with Gasteiger partial charge < -0.3 is 5.32 Å². The molecule has 1 fully saturated rings. The maximum absolute atomic E-state index is 12.9. The van der Waals surface area contributed by atoms with Crippen LogP contribution in [0.3, 0.4) is 0 Å². The zero-order valence-electron chi connectivity index (χ0n) is 15.3. The van der Waals surface area contributed by atoms with Crippen LogP contribution in [0.5, 0.6) is 0 Å². The average molecular weight is 418 g/mol. The van der Waals surface area contributed by atoms with Gasteiger partial charge in [-0.2, -0.15) is 5.01 Å². The van der Waals surface area contributed by atoms with E-state index in [1.165, 1.54) is 11.8 Å². The number of hydrazine groups is 1. The first-order valence-corrected chi connectivity index (χ1v) is 10.2. The lowest BCUT2D eigenvalue weighted by Gasteiger charge is -2.25. The zero-order chi connectivity index (χ0) is 20.1. The van der Waals surface area contributed by atoms with Crippen LogP contribution in [0, 0.1) is 0 Å². The molecule has 0 unspecified atom stereocenters. The van der Waals surface area contributed by atoms with E-state index in [1.807, 2.05) is 25.1 Å². The number of benzene rings is 2. The van der Waals surface area contributed by atoms with Gasteiger partial charge in [-0.1, -0.05) is 48.9 Å². The Balaban J connectivity index is 1.60. The van der Waals surface area contributed by atoms with Crippen molar-refractivity contribution in [2.75, 3.05) is 5.75 Å². The van der Waals surface area contributed by atoms with Gasteiger partial charge in [-0.15, -0.1) is 11.8 Å². The smallest absolute Gasteiger partial charge is 0.318 e. The molecule has 1 heterocycles. The first-order valence-electron chi connectivity index (χ1n) is 8.86. The van der Waals surface area contributed by atoms with Gasteiger partial charge in [0.25, 0.3) is 5.91 Å². The zero-order valence-corrected chi connectivity index (χ0v) is 16.8. The summed E-state index contributed by atoms with van der Waals surface area (Å²) in [5.74, 6) is -0.371. The third kappa shape index (κ3) is 4.15. The fourth-order valence-corrected chi connectivity index (χ4v) is 3.99. The summed E-state index contributed by atoms with van der Waals surface area (Å²) in [6, 6.07) is 15.7. The Bertz CT molecular complexity index is 876. The van der Waals surface area contributed by atoms with Crippen molar-refractivity contribution in [3.05, 3.63) is 65.2 Å². The first kappa shape index (κ1) is 20.2. The van der Waals surface area contributed by atoms with Crippen LogP contribution in [-0.2, 0) is 15.1 Å². The monoisotopic (exact) mass is 417 g/mol. The number of carbonyl (C=O) groups is 3. The third-order valence-corrected chi connectivity index (χ3v) is 5.80. The van der Waals surface area contributed by atoms with Crippen LogP contribution in [0.25, 0.3) is 0 Å². The van der Waals surface area contributed by atoms with Crippen LogP contribution < -0.4 is 10.7 Å². The molecule has 2 aromatic rings. The fourth-order valence-electron chi connectivity index (χ4n) is 3.01. The van der Waals surface area contributed by atoms with Crippen molar-refractivity contribution >= 4 is 41.2 Å². The lowest BCUT2D eigenvalue weighted by Crippen LogP contribution is -2.48. The van der Waals surface area contributed by atoms with Crippen LogP contribution in [0.4, 0.5) is 4.79 Å². The SMILES string of the molecule is CC[C@]1(c2ccccc2)NC(=O)N(NC(=O)CCSc2ccc(Cl)cc2)C1=O. The second-order valence-corrected chi connectivity index (χ2v) is 7.89. The molecule has 2 aromatic carbocycles. The number of rotatable bonds is 7. The van der Waals surface area contributed by atoms with Crippen molar-refractivity contribution in [2.24, 2.45) is 0 Å². The summed E-state index contributed by atoms with van der Waals surface area (Å²) in [5, 5.41) is 4.17. The summed E-state index contributed by atoms with van der Waals surface area (Å²) in [4.78, 5) is 38.5. The van der Waals surface area contributed by atoms with Gasteiger partial charge in [0, 0.05) is 22.1 Å². The van der Waals surface area contributed by atoms with Crippen LogP contribution in [-0.4, -0.2) is 28.6 Å². The summed E-state index contributed by atoms with van der Waals surface area (Å²) >= 11 is 7.34. The highest BCUT2D eigenvalue weighted by molar-refractivity contribution is 7.99. The summed E-state index contributed by atoms with van der Waals surface area (Å²) < 4.78 is 0. The van der Waals surface area contributed by atoms with E-state index >= 15 is 0 Å². The van der Waals surface area contributed by atoms with Gasteiger partial charge in [0.15, 0.2) is 0 Å². The quantitative estimate of drug-likeness (QED) is 0.531. The Morgan fingerprint density at radius 1 is 1.14 bits per heavy atom. The molecular weight excluding hydrogens is 398 g/mol. The molecule has 0 aromatic heterocycles. The van der Waals surface area contributed by atoms with Crippen molar-refractivity contribution in [2.45, 2.75) is 30.2 Å². The van der Waals surface area contributed by atoms with E-state index in [0.717, 1.165) is 9.90 Å². The number of hydrogen-bond acceptors (Lipinski definition) is 4. The Kier molecular flexibility index (Phi) is 6.26. The molecule has 8 heteroatoms. The minimum Gasteiger partial charge on any atom is -0.318 e. The number of carbonyl (C=O) groups excluding carboxylic acids is 3. The summed E-state index contributed by atoms with van der Waals surface area (Å²) in [6.45, 7) is 1.82. The molecule has 0 aliphatic carbocycles. The Morgan fingerprint density at radius 2 is 1.82 bits per heavy atom. The second kappa shape index (κ2) is 8.67. The highest BCUT2D eigenvalue weighted by Crippen LogP contribution is 2.31. The maximum atomic E-state index is 12.9. The Labute approximate surface area is 172 Å². The number of hydrogen-bond donors (Lipinski definition) is 2. The van der Waals surface area contributed by atoms with E-state index in [-0.39, 0.29) is 6.42 Å². The van der Waals surface area contributed by atoms with E-state index < -0.39 is 23.4 Å². The molecule has 0 bridgehead atoms. The van der Waals surface area contributed by atoms with Crippen LogP contribution in [0.15, 0.2) is 59.5 Å². The number of amides is 4. The van der Waals surface area contributed by atoms with E-state index in [2.05, 4.69) is 10.7 Å². The van der Waals surface area contributed by atoms with Gasteiger partial charge in [0.1, 0.15) is 5.54 Å². The van der Waals surface area contributed by atoms with Gasteiger partial charge in [0.05, 0.1) is 0 Å². The van der Waals surface area contributed by atoms with Gasteiger partial charge in [-0.05, 0) is 36.2 Å². The lowest BCUT2D eigenvalue weighted by atomic mass is 9.87. The van der Waals surface area contributed by atoms with Crippen LogP contribution in [0.2, 0.25) is 5.02 Å². The molecule has 3 rings (SSSR count). The molecule has 0 saturated carbocycles. The molecule has 1 saturated heterocycles. The number of nitrogens with one attached hydrogen (secondary N) is 2. The normalized spacial score (nSPS) is 18.9.